The number of aryl methyl sites for hydroxylation is 2. The van der Waals surface area contributed by atoms with Crippen LogP contribution >= 0.6 is 0 Å². The van der Waals surface area contributed by atoms with Crippen molar-refractivity contribution in [3.63, 3.8) is 0 Å². The molecule has 0 radical (unpaired) electrons. The Morgan fingerprint density at radius 2 is 1.36 bits per heavy atom. The van der Waals surface area contributed by atoms with E-state index in [4.69, 9.17) is 0 Å². The van der Waals surface area contributed by atoms with Gasteiger partial charge in [0.2, 0.25) is 6.20 Å². The Hall–Kier alpha value is -2.88. The monoisotopic (exact) mass is 292 g/mol. The predicted molar refractivity (Wildman–Crippen MR) is 86.9 cm³/mol. The smallest absolute Gasteiger partial charge is 0.293 e. The van der Waals surface area contributed by atoms with Gasteiger partial charge in [0.05, 0.1) is 16.2 Å². The molecule has 3 aromatic rings. The van der Waals surface area contributed by atoms with Crippen LogP contribution in [0.15, 0.2) is 60.9 Å². The molecule has 2 aromatic carbocycles. The standard InChI is InChI=1S/C18H16N2O2/c1-13-3-7-15(8-4-13)17-18(20(22)12-11-19(17)21)16-9-5-14(2)6-10-16/h3-12H,1-2H3. The molecule has 1 heterocycles. The average molecular weight is 292 g/mol. The Labute approximate surface area is 128 Å². The van der Waals surface area contributed by atoms with E-state index in [1.54, 1.807) is 0 Å². The van der Waals surface area contributed by atoms with E-state index in [1.807, 2.05) is 62.4 Å². The second-order valence-electron chi connectivity index (χ2n) is 5.38. The molecular formula is C18H16N2O2. The zero-order valence-corrected chi connectivity index (χ0v) is 12.5. The number of hydrogen-bond donors (Lipinski definition) is 0. The summed E-state index contributed by atoms with van der Waals surface area (Å²) in [4.78, 5) is 12.3. The van der Waals surface area contributed by atoms with Crippen LogP contribution in [-0.2, 0) is 0 Å². The molecule has 0 aliphatic rings. The van der Waals surface area contributed by atoms with Gasteiger partial charge in [0.15, 0.2) is 0 Å². The minimum absolute atomic E-state index is 0.362. The molecule has 0 amide bonds. The van der Waals surface area contributed by atoms with Crippen LogP contribution in [-0.4, -0.2) is 4.73 Å². The van der Waals surface area contributed by atoms with Gasteiger partial charge in [0, 0.05) is 10.5 Å². The molecular weight excluding hydrogens is 276 g/mol. The molecule has 0 fully saturated rings. The van der Waals surface area contributed by atoms with Crippen molar-refractivity contribution in [2.45, 2.75) is 13.8 Å². The van der Waals surface area contributed by atoms with Crippen LogP contribution in [0.3, 0.4) is 0 Å². The highest BCUT2D eigenvalue weighted by Gasteiger charge is 2.20. The molecule has 1 aromatic heterocycles. The minimum atomic E-state index is 0.362. The molecule has 0 N–H and O–H groups in total. The maximum Gasteiger partial charge on any atom is 0.293 e. The van der Waals surface area contributed by atoms with Crippen LogP contribution < -0.4 is 4.43 Å². The molecule has 3 rings (SSSR count). The van der Waals surface area contributed by atoms with Crippen molar-refractivity contribution in [3.05, 3.63) is 82.2 Å². The van der Waals surface area contributed by atoms with Gasteiger partial charge in [-0.05, 0) is 26.0 Å². The first-order chi connectivity index (χ1) is 10.6. The normalized spacial score (nSPS) is 10.6. The van der Waals surface area contributed by atoms with Crippen LogP contribution in [0.4, 0.5) is 0 Å². The minimum Gasteiger partial charge on any atom is -0.805 e. The molecule has 0 aliphatic carbocycles. The van der Waals surface area contributed by atoms with Gasteiger partial charge in [-0.3, -0.25) is 0 Å². The number of rotatable bonds is 2. The summed E-state index contributed by atoms with van der Waals surface area (Å²) < 4.78 is 1.49. The summed E-state index contributed by atoms with van der Waals surface area (Å²) in [5.74, 6) is 0. The second-order valence-corrected chi connectivity index (χ2v) is 5.38. The van der Waals surface area contributed by atoms with Crippen LogP contribution in [0.1, 0.15) is 11.1 Å². The van der Waals surface area contributed by atoms with Crippen LogP contribution in [0.5, 0.6) is 0 Å². The molecule has 0 unspecified atom stereocenters. The van der Waals surface area contributed by atoms with Crippen LogP contribution in [0, 0.1) is 24.0 Å². The first kappa shape index (κ1) is 14.1. The lowest BCUT2D eigenvalue weighted by Crippen LogP contribution is -2.21. The first-order valence-corrected chi connectivity index (χ1v) is 7.05. The summed E-state index contributed by atoms with van der Waals surface area (Å²) in [5, 5.41) is 12.3. The van der Waals surface area contributed by atoms with Crippen molar-refractivity contribution in [1.29, 1.82) is 0 Å². The van der Waals surface area contributed by atoms with Gasteiger partial charge >= 0.3 is 0 Å². The molecule has 0 atom stereocenters. The van der Waals surface area contributed by atoms with Crippen molar-refractivity contribution in [2.75, 3.05) is 0 Å². The van der Waals surface area contributed by atoms with E-state index in [9.17, 15) is 10.1 Å². The molecule has 0 saturated carbocycles. The fraction of sp³-hybridized carbons (Fsp3) is 0.111. The Morgan fingerprint density at radius 3 is 1.91 bits per heavy atom. The molecule has 110 valence electrons. The van der Waals surface area contributed by atoms with Crippen molar-refractivity contribution in [3.8, 4) is 22.5 Å². The highest BCUT2D eigenvalue weighted by molar-refractivity contribution is 5.76. The molecule has 4 nitrogen and oxygen atoms in total. The highest BCUT2D eigenvalue weighted by Crippen LogP contribution is 2.28. The van der Waals surface area contributed by atoms with Gasteiger partial charge in [-0.1, -0.05) is 47.5 Å². The lowest BCUT2D eigenvalue weighted by atomic mass is 10.0. The number of nitrogens with zero attached hydrogens (tertiary/aromatic N) is 2. The predicted octanol–water partition coefficient (Wildman–Crippen LogP) is 3.70. The lowest BCUT2D eigenvalue weighted by molar-refractivity contribution is -0.482. The van der Waals surface area contributed by atoms with Crippen molar-refractivity contribution in [1.82, 2.24) is 4.73 Å². The third-order valence-electron chi connectivity index (χ3n) is 3.65. The molecule has 0 aliphatic heterocycles. The average Bonchev–Trinajstić information content (AvgIpc) is 2.51. The summed E-state index contributed by atoms with van der Waals surface area (Å²) >= 11 is 0. The van der Waals surface area contributed by atoms with Crippen LogP contribution in [0.25, 0.3) is 22.5 Å². The number of hydrogen-bond acceptors (Lipinski definition) is 2. The maximum absolute atomic E-state index is 12.3. The van der Waals surface area contributed by atoms with Crippen molar-refractivity contribution >= 4 is 0 Å². The van der Waals surface area contributed by atoms with E-state index in [-0.39, 0.29) is 0 Å². The van der Waals surface area contributed by atoms with Gasteiger partial charge in [0.1, 0.15) is 5.69 Å². The Balaban J connectivity index is 2.30. The molecule has 0 saturated heterocycles. The molecule has 0 bridgehead atoms. The fourth-order valence-corrected chi connectivity index (χ4v) is 2.43. The Kier molecular flexibility index (Phi) is 3.51. The van der Waals surface area contributed by atoms with E-state index in [1.165, 1.54) is 12.4 Å². The summed E-state index contributed by atoms with van der Waals surface area (Å²) in [7, 11) is 0. The molecule has 22 heavy (non-hydrogen) atoms. The fourth-order valence-electron chi connectivity index (χ4n) is 2.43. The quantitative estimate of drug-likeness (QED) is 0.676. The Bertz CT molecular complexity index is 863. The maximum atomic E-state index is 12.3. The third kappa shape index (κ3) is 2.51. The Morgan fingerprint density at radius 1 is 0.864 bits per heavy atom. The number of benzene rings is 2. The molecule has 0 spiro atoms. The largest absolute Gasteiger partial charge is 0.805 e. The van der Waals surface area contributed by atoms with E-state index < -0.39 is 0 Å². The third-order valence-corrected chi connectivity index (χ3v) is 3.65. The highest BCUT2D eigenvalue weighted by atomic mass is 16.5. The zero-order chi connectivity index (χ0) is 15.7. The van der Waals surface area contributed by atoms with Gasteiger partial charge in [0.25, 0.3) is 5.69 Å². The van der Waals surface area contributed by atoms with Crippen molar-refractivity contribution in [2.24, 2.45) is 0 Å². The van der Waals surface area contributed by atoms with Crippen molar-refractivity contribution < 1.29 is 4.43 Å². The van der Waals surface area contributed by atoms with E-state index in [2.05, 4.69) is 0 Å². The van der Waals surface area contributed by atoms with E-state index in [0.717, 1.165) is 31.4 Å². The first-order valence-electron chi connectivity index (χ1n) is 7.05. The summed E-state index contributed by atoms with van der Waals surface area (Å²) in [6, 6.07) is 15.1. The summed E-state index contributed by atoms with van der Waals surface area (Å²) in [5.41, 5.74) is 4.37. The SMILES string of the molecule is Cc1ccc(-c2c(-c3ccc(C)cc3)[n+](=O)ccn2[O-])cc1. The topological polar surface area (TPSA) is 51.0 Å². The van der Waals surface area contributed by atoms with Gasteiger partial charge in [-0.25, -0.2) is 0 Å². The number of aromatic nitrogens is 2. The zero-order valence-electron chi connectivity index (χ0n) is 12.5. The van der Waals surface area contributed by atoms with Crippen LogP contribution in [0.2, 0.25) is 0 Å². The van der Waals surface area contributed by atoms with E-state index >= 15 is 0 Å². The van der Waals surface area contributed by atoms with Gasteiger partial charge < -0.3 is 9.94 Å². The van der Waals surface area contributed by atoms with E-state index in [0.29, 0.717) is 11.4 Å². The van der Waals surface area contributed by atoms with Gasteiger partial charge in [-0.15, -0.1) is 0 Å². The van der Waals surface area contributed by atoms with Gasteiger partial charge in [-0.2, -0.15) is 0 Å². The summed E-state index contributed by atoms with van der Waals surface area (Å²) in [6.07, 6.45) is 2.47. The molecule has 4 heteroatoms. The lowest BCUT2D eigenvalue weighted by Gasteiger charge is -2.16. The second kappa shape index (κ2) is 5.48. The summed E-state index contributed by atoms with van der Waals surface area (Å²) in [6.45, 7) is 3.96.